The highest BCUT2D eigenvalue weighted by Gasteiger charge is 2.29. The van der Waals surface area contributed by atoms with Crippen LogP contribution in [0.5, 0.6) is 0 Å². The zero-order valence-electron chi connectivity index (χ0n) is 24.8. The molecule has 2 atom stereocenters. The van der Waals surface area contributed by atoms with E-state index in [2.05, 4.69) is 57.9 Å². The summed E-state index contributed by atoms with van der Waals surface area (Å²) in [7, 11) is 0. The van der Waals surface area contributed by atoms with Gasteiger partial charge in [0.15, 0.2) is 6.29 Å². The highest BCUT2D eigenvalue weighted by molar-refractivity contribution is 5.61. The molecule has 1 heterocycles. The van der Waals surface area contributed by atoms with Gasteiger partial charge in [-0.2, -0.15) is 0 Å². The van der Waals surface area contributed by atoms with Gasteiger partial charge < -0.3 is 14.6 Å². The number of benzene rings is 2. The highest BCUT2D eigenvalue weighted by Crippen LogP contribution is 2.32. The van der Waals surface area contributed by atoms with Crippen LogP contribution in [-0.4, -0.2) is 23.6 Å². The van der Waals surface area contributed by atoms with E-state index in [1.807, 2.05) is 68.5 Å². The summed E-state index contributed by atoms with van der Waals surface area (Å²) >= 11 is 0. The second-order valence-corrected chi connectivity index (χ2v) is 11.1. The van der Waals surface area contributed by atoms with Gasteiger partial charge in [0.1, 0.15) is 0 Å². The van der Waals surface area contributed by atoms with Crippen LogP contribution in [0.4, 0.5) is 0 Å². The van der Waals surface area contributed by atoms with Gasteiger partial charge in [0.05, 0.1) is 11.7 Å². The molecule has 3 rings (SSSR count). The first-order valence-corrected chi connectivity index (χ1v) is 14.3. The van der Waals surface area contributed by atoms with Crippen LogP contribution >= 0.6 is 0 Å². The fraction of sp³-hybridized carbons (Fsp3) is 0.351. The van der Waals surface area contributed by atoms with Gasteiger partial charge in [0.2, 0.25) is 0 Å². The van der Waals surface area contributed by atoms with E-state index in [4.69, 9.17) is 9.47 Å². The Morgan fingerprint density at radius 1 is 1.07 bits per heavy atom. The van der Waals surface area contributed by atoms with Crippen LogP contribution in [-0.2, 0) is 9.47 Å². The van der Waals surface area contributed by atoms with E-state index in [-0.39, 0.29) is 6.29 Å². The molecule has 0 aliphatic carbocycles. The Morgan fingerprint density at radius 2 is 1.85 bits per heavy atom. The molecular formula is C37H46O3. The molecule has 2 unspecified atom stereocenters. The van der Waals surface area contributed by atoms with Crippen molar-refractivity contribution in [2.75, 3.05) is 6.61 Å². The molecule has 1 aliphatic heterocycles. The summed E-state index contributed by atoms with van der Waals surface area (Å²) in [5, 5.41) is 11.1. The Balaban J connectivity index is 1.64. The summed E-state index contributed by atoms with van der Waals surface area (Å²) in [5.41, 5.74) is 7.94. The van der Waals surface area contributed by atoms with E-state index in [1.165, 1.54) is 16.7 Å². The fourth-order valence-corrected chi connectivity index (χ4v) is 5.10. The fourth-order valence-electron chi connectivity index (χ4n) is 5.10. The standard InChI is InChI=1S/C37H46O3/c1-8-31(34(9-2)37(6,7)40-36-15-10-11-24-39-36)22-23-35(38)33-14-12-13-30(26-33)19-16-27(3)17-20-32-21-18-28(4)25-29(32)5/h8-9,12-14,16-21,25-26,35-36,38H,1-3,10-11,15,22-24H2,4-7H3/b19-16+,20-17-,34-31-. The predicted molar refractivity (Wildman–Crippen MR) is 170 cm³/mol. The summed E-state index contributed by atoms with van der Waals surface area (Å²) in [5.74, 6) is 0. The number of hydrogen-bond acceptors (Lipinski definition) is 3. The molecule has 3 nitrogen and oxygen atoms in total. The molecule has 1 aliphatic rings. The van der Waals surface area contributed by atoms with Crippen molar-refractivity contribution >= 4 is 12.2 Å². The summed E-state index contributed by atoms with van der Waals surface area (Å²) in [4.78, 5) is 0. The smallest absolute Gasteiger partial charge is 0.158 e. The van der Waals surface area contributed by atoms with E-state index in [0.29, 0.717) is 12.8 Å². The molecule has 0 saturated carbocycles. The molecule has 1 fully saturated rings. The maximum atomic E-state index is 11.1. The first-order valence-electron chi connectivity index (χ1n) is 14.3. The number of aliphatic hydroxyl groups excluding tert-OH is 1. The topological polar surface area (TPSA) is 38.7 Å². The largest absolute Gasteiger partial charge is 0.388 e. The number of aryl methyl sites for hydroxylation is 2. The lowest BCUT2D eigenvalue weighted by Crippen LogP contribution is -2.35. The first kappa shape index (κ1) is 31.3. The maximum absolute atomic E-state index is 11.1. The minimum atomic E-state index is -0.604. The van der Waals surface area contributed by atoms with E-state index < -0.39 is 11.7 Å². The Labute approximate surface area is 241 Å². The van der Waals surface area contributed by atoms with Gasteiger partial charge in [-0.3, -0.25) is 0 Å². The normalized spacial score (nSPS) is 17.6. The Kier molecular flexibility index (Phi) is 11.7. The van der Waals surface area contributed by atoms with Gasteiger partial charge in [-0.05, 0) is 105 Å². The molecule has 0 amide bonds. The van der Waals surface area contributed by atoms with Crippen molar-refractivity contribution in [3.63, 3.8) is 0 Å². The lowest BCUT2D eigenvalue weighted by atomic mass is 9.89. The van der Waals surface area contributed by atoms with Crippen LogP contribution in [0.2, 0.25) is 0 Å². The van der Waals surface area contributed by atoms with Gasteiger partial charge in [0, 0.05) is 6.61 Å². The van der Waals surface area contributed by atoms with Crippen molar-refractivity contribution < 1.29 is 14.6 Å². The van der Waals surface area contributed by atoms with E-state index in [9.17, 15) is 5.11 Å². The number of ether oxygens (including phenoxy) is 2. The molecule has 0 bridgehead atoms. The van der Waals surface area contributed by atoms with Gasteiger partial charge in [-0.1, -0.05) is 98.2 Å². The predicted octanol–water partition coefficient (Wildman–Crippen LogP) is 9.39. The van der Waals surface area contributed by atoms with E-state index in [0.717, 1.165) is 53.7 Å². The van der Waals surface area contributed by atoms with Crippen LogP contribution in [0.15, 0.2) is 103 Å². The van der Waals surface area contributed by atoms with Crippen molar-refractivity contribution in [2.24, 2.45) is 0 Å². The number of hydrogen-bond donors (Lipinski definition) is 1. The van der Waals surface area contributed by atoms with Crippen molar-refractivity contribution in [1.29, 1.82) is 0 Å². The number of allylic oxidation sites excluding steroid dienone is 5. The van der Waals surface area contributed by atoms with Crippen molar-refractivity contribution in [1.82, 2.24) is 0 Å². The van der Waals surface area contributed by atoms with Gasteiger partial charge in [0.25, 0.3) is 0 Å². The van der Waals surface area contributed by atoms with Gasteiger partial charge >= 0.3 is 0 Å². The van der Waals surface area contributed by atoms with E-state index >= 15 is 0 Å². The Morgan fingerprint density at radius 3 is 2.52 bits per heavy atom. The minimum absolute atomic E-state index is 0.204. The third-order valence-corrected chi connectivity index (χ3v) is 7.38. The number of rotatable bonds is 13. The molecule has 3 heteroatoms. The average molecular weight is 539 g/mol. The molecule has 1 saturated heterocycles. The van der Waals surface area contributed by atoms with Crippen molar-refractivity contribution in [3.8, 4) is 0 Å². The van der Waals surface area contributed by atoms with Crippen molar-refractivity contribution in [2.45, 2.75) is 77.8 Å². The summed E-state index contributed by atoms with van der Waals surface area (Å²) in [6.45, 7) is 21.3. The van der Waals surface area contributed by atoms with Gasteiger partial charge in [-0.25, -0.2) is 0 Å². The van der Waals surface area contributed by atoms with Crippen LogP contribution in [0.1, 0.15) is 79.9 Å². The van der Waals surface area contributed by atoms with Crippen LogP contribution in [0.25, 0.3) is 12.2 Å². The highest BCUT2D eigenvalue weighted by atomic mass is 16.7. The summed E-state index contributed by atoms with van der Waals surface area (Å²) in [6, 6.07) is 14.4. The summed E-state index contributed by atoms with van der Waals surface area (Å²) < 4.78 is 12.1. The second kappa shape index (κ2) is 14.9. The average Bonchev–Trinajstić information content (AvgIpc) is 2.93. The maximum Gasteiger partial charge on any atom is 0.158 e. The molecule has 0 radical (unpaired) electrons. The molecule has 2 aromatic rings. The number of aliphatic hydroxyl groups is 1. The zero-order chi connectivity index (χ0) is 29.1. The quantitative estimate of drug-likeness (QED) is 0.258. The van der Waals surface area contributed by atoms with Crippen LogP contribution in [0.3, 0.4) is 0 Å². The van der Waals surface area contributed by atoms with Crippen LogP contribution in [0, 0.1) is 13.8 Å². The molecule has 0 aromatic heterocycles. The second-order valence-electron chi connectivity index (χ2n) is 11.1. The third-order valence-electron chi connectivity index (χ3n) is 7.38. The zero-order valence-corrected chi connectivity index (χ0v) is 24.8. The minimum Gasteiger partial charge on any atom is -0.388 e. The Bertz CT molecular complexity index is 1270. The summed E-state index contributed by atoms with van der Waals surface area (Å²) in [6.07, 6.45) is 15.4. The van der Waals surface area contributed by atoms with Crippen molar-refractivity contribution in [3.05, 3.63) is 131 Å². The molecule has 1 N–H and O–H groups in total. The first-order chi connectivity index (χ1) is 19.1. The molecular weight excluding hydrogens is 492 g/mol. The van der Waals surface area contributed by atoms with E-state index in [1.54, 1.807) is 0 Å². The van der Waals surface area contributed by atoms with Crippen LogP contribution < -0.4 is 0 Å². The third kappa shape index (κ3) is 9.16. The lowest BCUT2D eigenvalue weighted by Gasteiger charge is -2.35. The van der Waals surface area contributed by atoms with Gasteiger partial charge in [-0.15, -0.1) is 0 Å². The Hall–Kier alpha value is -3.24. The SMILES string of the molecule is C=C/C(CCC(O)c1cccc(/C=C/C(=C)/C=C\c2ccc(C)cc2C)c1)=C(\C=C)C(C)(C)OC1CCCCO1. The molecule has 212 valence electrons. The monoisotopic (exact) mass is 538 g/mol. The molecule has 0 spiro atoms. The molecule has 40 heavy (non-hydrogen) atoms. The molecule has 2 aromatic carbocycles. The lowest BCUT2D eigenvalue weighted by molar-refractivity contribution is -0.204.